The highest BCUT2D eigenvalue weighted by Gasteiger charge is 2.23. The zero-order valence-electron chi connectivity index (χ0n) is 11.4. The normalized spacial score (nSPS) is 19.2. The van der Waals surface area contributed by atoms with Gasteiger partial charge in [-0.25, -0.2) is 4.39 Å². The Labute approximate surface area is 126 Å². The summed E-state index contributed by atoms with van der Waals surface area (Å²) in [5.41, 5.74) is 2.64. The monoisotopic (exact) mass is 337 g/mol. The average Bonchev–Trinajstić information content (AvgIpc) is 2.84. The van der Waals surface area contributed by atoms with Crippen LogP contribution in [0.5, 0.6) is 0 Å². The number of rotatable bonds is 2. The molecule has 2 heterocycles. The number of piperidine rings is 1. The zero-order valence-corrected chi connectivity index (χ0v) is 13.0. The number of aromatic nitrogens is 2. The molecule has 1 unspecified atom stereocenters. The molecular weight excluding hydrogens is 321 g/mol. The molecule has 0 amide bonds. The van der Waals surface area contributed by atoms with Crippen LogP contribution in [0.25, 0.3) is 11.1 Å². The first-order valence-corrected chi connectivity index (χ1v) is 7.64. The Morgan fingerprint density at radius 3 is 3.00 bits per heavy atom. The second-order valence-corrected chi connectivity index (χ2v) is 6.15. The van der Waals surface area contributed by atoms with Gasteiger partial charge in [0, 0.05) is 35.1 Å². The number of nitrogens with zero attached hydrogens (tertiary/aromatic N) is 2. The van der Waals surface area contributed by atoms with Crippen LogP contribution >= 0.6 is 15.9 Å². The van der Waals surface area contributed by atoms with Gasteiger partial charge in [-0.3, -0.25) is 4.68 Å². The van der Waals surface area contributed by atoms with E-state index < -0.39 is 0 Å². The van der Waals surface area contributed by atoms with Crippen LogP contribution in [0.4, 0.5) is 4.39 Å². The first-order chi connectivity index (χ1) is 9.66. The van der Waals surface area contributed by atoms with Gasteiger partial charge in [-0.15, -0.1) is 0 Å². The molecule has 3 rings (SSSR count). The van der Waals surface area contributed by atoms with Crippen LogP contribution in [0, 0.1) is 5.82 Å². The quantitative estimate of drug-likeness (QED) is 0.909. The third kappa shape index (κ3) is 2.52. The largest absolute Gasteiger partial charge is 0.316 e. The van der Waals surface area contributed by atoms with Crippen LogP contribution in [0.15, 0.2) is 28.9 Å². The molecule has 0 spiro atoms. The van der Waals surface area contributed by atoms with E-state index in [0.717, 1.165) is 41.7 Å². The van der Waals surface area contributed by atoms with Crippen molar-refractivity contribution >= 4 is 15.9 Å². The summed E-state index contributed by atoms with van der Waals surface area (Å²) < 4.78 is 16.9. The lowest BCUT2D eigenvalue weighted by atomic mass is 9.91. The number of aryl methyl sites for hydroxylation is 1. The lowest BCUT2D eigenvalue weighted by Crippen LogP contribution is -2.29. The maximum atomic E-state index is 14.1. The lowest BCUT2D eigenvalue weighted by molar-refractivity contribution is 0.442. The lowest BCUT2D eigenvalue weighted by Gasteiger charge is -2.24. The van der Waals surface area contributed by atoms with E-state index in [4.69, 9.17) is 0 Å². The van der Waals surface area contributed by atoms with Crippen molar-refractivity contribution in [1.82, 2.24) is 15.1 Å². The van der Waals surface area contributed by atoms with Crippen LogP contribution in [0.2, 0.25) is 0 Å². The van der Waals surface area contributed by atoms with Gasteiger partial charge >= 0.3 is 0 Å². The van der Waals surface area contributed by atoms with E-state index in [2.05, 4.69) is 26.3 Å². The first-order valence-electron chi connectivity index (χ1n) is 6.85. The predicted octanol–water partition coefficient (Wildman–Crippen LogP) is 3.46. The van der Waals surface area contributed by atoms with Crippen molar-refractivity contribution in [2.45, 2.75) is 18.8 Å². The number of nitrogens with one attached hydrogen (secondary N) is 1. The van der Waals surface area contributed by atoms with Gasteiger partial charge in [0.15, 0.2) is 0 Å². The summed E-state index contributed by atoms with van der Waals surface area (Å²) in [6, 6.07) is 5.04. The average molecular weight is 338 g/mol. The topological polar surface area (TPSA) is 29.9 Å². The fourth-order valence-corrected chi connectivity index (χ4v) is 3.29. The number of benzene rings is 1. The predicted molar refractivity (Wildman–Crippen MR) is 81.1 cm³/mol. The van der Waals surface area contributed by atoms with Crippen LogP contribution in [0.3, 0.4) is 0 Å². The van der Waals surface area contributed by atoms with E-state index in [1.165, 1.54) is 6.07 Å². The molecule has 1 N–H and O–H groups in total. The summed E-state index contributed by atoms with van der Waals surface area (Å²) in [7, 11) is 1.93. The van der Waals surface area contributed by atoms with E-state index in [1.807, 2.05) is 17.8 Å². The third-order valence-corrected chi connectivity index (χ3v) is 4.38. The molecule has 3 nitrogen and oxygen atoms in total. The van der Waals surface area contributed by atoms with E-state index in [9.17, 15) is 4.39 Å². The summed E-state index contributed by atoms with van der Waals surface area (Å²) in [4.78, 5) is 0. The number of hydrogen-bond acceptors (Lipinski definition) is 2. The molecule has 1 aliphatic rings. The molecule has 1 fully saturated rings. The minimum Gasteiger partial charge on any atom is -0.316 e. The maximum Gasteiger partial charge on any atom is 0.131 e. The van der Waals surface area contributed by atoms with Crippen molar-refractivity contribution in [2.75, 3.05) is 13.1 Å². The van der Waals surface area contributed by atoms with Gasteiger partial charge in [0.1, 0.15) is 5.82 Å². The molecule has 1 saturated heterocycles. The molecule has 1 aliphatic heterocycles. The highest BCUT2D eigenvalue weighted by Crippen LogP contribution is 2.34. The Kier molecular flexibility index (Phi) is 3.89. The van der Waals surface area contributed by atoms with Crippen LogP contribution < -0.4 is 5.32 Å². The van der Waals surface area contributed by atoms with Gasteiger partial charge in [-0.05, 0) is 37.6 Å². The minimum absolute atomic E-state index is 0.203. The van der Waals surface area contributed by atoms with Gasteiger partial charge in [0.05, 0.1) is 11.9 Å². The van der Waals surface area contributed by atoms with Crippen molar-refractivity contribution in [3.8, 4) is 11.1 Å². The van der Waals surface area contributed by atoms with Gasteiger partial charge in [-0.1, -0.05) is 15.9 Å². The van der Waals surface area contributed by atoms with E-state index in [0.29, 0.717) is 11.5 Å². The van der Waals surface area contributed by atoms with Crippen molar-refractivity contribution in [1.29, 1.82) is 0 Å². The number of hydrogen-bond donors (Lipinski definition) is 1. The van der Waals surface area contributed by atoms with Gasteiger partial charge in [0.2, 0.25) is 0 Å². The molecule has 1 atom stereocenters. The zero-order chi connectivity index (χ0) is 14.1. The SMILES string of the molecule is Cn1ncc(-c2cc(Br)ccc2F)c1C1CCCNC1. The van der Waals surface area contributed by atoms with E-state index in [-0.39, 0.29) is 5.82 Å². The van der Waals surface area contributed by atoms with Crippen molar-refractivity contribution < 1.29 is 4.39 Å². The summed E-state index contributed by atoms with van der Waals surface area (Å²) in [6.07, 6.45) is 4.04. The second kappa shape index (κ2) is 5.66. The van der Waals surface area contributed by atoms with Crippen molar-refractivity contribution in [3.63, 3.8) is 0 Å². The smallest absolute Gasteiger partial charge is 0.131 e. The fraction of sp³-hybridized carbons (Fsp3) is 0.400. The van der Waals surface area contributed by atoms with Crippen LogP contribution in [0.1, 0.15) is 24.5 Å². The van der Waals surface area contributed by atoms with Gasteiger partial charge in [-0.2, -0.15) is 5.10 Å². The Bertz CT molecular complexity index is 618. The Hall–Kier alpha value is -1.20. The number of halogens is 2. The fourth-order valence-electron chi connectivity index (χ4n) is 2.93. The van der Waals surface area contributed by atoms with Gasteiger partial charge < -0.3 is 5.32 Å². The Balaban J connectivity index is 2.08. The van der Waals surface area contributed by atoms with E-state index in [1.54, 1.807) is 12.3 Å². The molecule has 20 heavy (non-hydrogen) atoms. The first kappa shape index (κ1) is 13.8. The van der Waals surface area contributed by atoms with Crippen molar-refractivity contribution in [2.24, 2.45) is 7.05 Å². The maximum absolute atomic E-state index is 14.1. The van der Waals surface area contributed by atoms with Crippen LogP contribution in [-0.2, 0) is 7.05 Å². The molecule has 2 aromatic rings. The second-order valence-electron chi connectivity index (χ2n) is 5.23. The molecule has 0 radical (unpaired) electrons. The molecule has 0 bridgehead atoms. The van der Waals surface area contributed by atoms with E-state index >= 15 is 0 Å². The highest BCUT2D eigenvalue weighted by molar-refractivity contribution is 9.10. The van der Waals surface area contributed by atoms with Gasteiger partial charge in [0.25, 0.3) is 0 Å². The molecule has 0 aliphatic carbocycles. The molecule has 1 aromatic carbocycles. The molecular formula is C15H17BrFN3. The molecule has 0 saturated carbocycles. The highest BCUT2D eigenvalue weighted by atomic mass is 79.9. The summed E-state index contributed by atoms with van der Waals surface area (Å²) in [5.74, 6) is 0.191. The minimum atomic E-state index is -0.203. The molecule has 106 valence electrons. The molecule has 1 aromatic heterocycles. The summed E-state index contributed by atoms with van der Waals surface area (Å²) in [5, 5.41) is 7.76. The molecule has 5 heteroatoms. The Morgan fingerprint density at radius 1 is 1.40 bits per heavy atom. The third-order valence-electron chi connectivity index (χ3n) is 3.89. The summed E-state index contributed by atoms with van der Waals surface area (Å²) >= 11 is 3.41. The van der Waals surface area contributed by atoms with Crippen LogP contribution in [-0.4, -0.2) is 22.9 Å². The standard InChI is InChI=1S/C15H17BrFN3/c1-20-15(10-3-2-6-18-8-10)13(9-19-20)12-7-11(16)4-5-14(12)17/h4-5,7,9-10,18H,2-3,6,8H2,1H3. The summed E-state index contributed by atoms with van der Waals surface area (Å²) in [6.45, 7) is 2.00. The Morgan fingerprint density at radius 2 is 2.25 bits per heavy atom. The van der Waals surface area contributed by atoms with Crippen molar-refractivity contribution in [3.05, 3.63) is 40.4 Å².